The molecule has 0 bridgehead atoms. The highest BCUT2D eigenvalue weighted by Crippen LogP contribution is 2.41. The molecule has 0 saturated heterocycles. The average molecular weight is 427 g/mol. The van der Waals surface area contributed by atoms with Crippen molar-refractivity contribution < 1.29 is 28.7 Å². The van der Waals surface area contributed by atoms with Crippen molar-refractivity contribution in [1.82, 2.24) is 0 Å². The number of hydrogen-bond acceptors (Lipinski definition) is 5. The number of carbonyl (C=O) groups is 2. The maximum absolute atomic E-state index is 13.0. The number of carbonyl (C=O) groups excluding carboxylic acids is 2. The molecule has 1 fully saturated rings. The monoisotopic (exact) mass is 426 g/mol. The van der Waals surface area contributed by atoms with Crippen LogP contribution in [0.1, 0.15) is 41.6 Å². The summed E-state index contributed by atoms with van der Waals surface area (Å²) in [5.41, 5.74) is -0.551. The lowest BCUT2D eigenvalue weighted by molar-refractivity contribution is -0.907. The largest absolute Gasteiger partial charge is 0.457 e. The van der Waals surface area contributed by atoms with E-state index in [1.165, 1.54) is 0 Å². The van der Waals surface area contributed by atoms with Gasteiger partial charge in [-0.3, -0.25) is 4.48 Å². The predicted molar refractivity (Wildman–Crippen MR) is 117 cm³/mol. The lowest BCUT2D eigenvalue weighted by atomic mass is 9.80. The van der Waals surface area contributed by atoms with Crippen molar-refractivity contribution in [3.63, 3.8) is 0 Å². The van der Waals surface area contributed by atoms with Gasteiger partial charge in [0.25, 0.3) is 0 Å². The molecule has 0 aromatic heterocycles. The minimum absolute atomic E-state index is 0.122. The zero-order chi connectivity index (χ0) is 22.3. The van der Waals surface area contributed by atoms with Crippen molar-refractivity contribution in [2.45, 2.75) is 31.3 Å². The number of quaternary nitrogens is 1. The van der Waals surface area contributed by atoms with Crippen molar-refractivity contribution >= 4 is 11.9 Å². The summed E-state index contributed by atoms with van der Waals surface area (Å²) in [6, 6.07) is 17.9. The second-order valence-corrected chi connectivity index (χ2v) is 8.84. The summed E-state index contributed by atoms with van der Waals surface area (Å²) >= 11 is 0. The molecule has 0 radical (unpaired) electrons. The van der Waals surface area contributed by atoms with E-state index in [9.17, 15) is 14.7 Å². The van der Waals surface area contributed by atoms with Crippen molar-refractivity contribution in [2.24, 2.45) is 5.92 Å². The number of esters is 2. The Hall–Kier alpha value is -2.70. The molecule has 1 aliphatic rings. The highest BCUT2D eigenvalue weighted by Gasteiger charge is 2.47. The van der Waals surface area contributed by atoms with Crippen LogP contribution < -0.4 is 0 Å². The average Bonchev–Trinajstić information content (AvgIpc) is 3.33. The molecule has 1 aliphatic carbocycles. The van der Waals surface area contributed by atoms with Gasteiger partial charge in [0, 0.05) is 5.92 Å². The first-order valence-electron chi connectivity index (χ1n) is 10.8. The van der Waals surface area contributed by atoms with Crippen LogP contribution in [0.3, 0.4) is 0 Å². The SMILES string of the molecule is C[N+](C)(CCOC(=O)C(O)(c1ccccc1)C1CCCC1)COC(=O)c1ccccc1. The maximum Gasteiger partial charge on any atom is 0.343 e. The van der Waals surface area contributed by atoms with Crippen LogP contribution in [-0.2, 0) is 19.9 Å². The molecule has 1 atom stereocenters. The minimum atomic E-state index is -1.63. The molecule has 1 N–H and O–H groups in total. The van der Waals surface area contributed by atoms with Crippen LogP contribution in [-0.4, -0.2) is 55.5 Å². The van der Waals surface area contributed by atoms with Gasteiger partial charge in [-0.25, -0.2) is 9.59 Å². The molecule has 2 aromatic rings. The second-order valence-electron chi connectivity index (χ2n) is 8.84. The van der Waals surface area contributed by atoms with Gasteiger partial charge in [-0.2, -0.15) is 0 Å². The number of hydrogen-bond donors (Lipinski definition) is 1. The number of rotatable bonds is 9. The van der Waals surface area contributed by atoms with Gasteiger partial charge in [-0.05, 0) is 30.5 Å². The summed E-state index contributed by atoms with van der Waals surface area (Å²) in [6.45, 7) is 0.719. The molecule has 3 rings (SSSR count). The van der Waals surface area contributed by atoms with E-state index in [0.717, 1.165) is 25.7 Å². The molecule has 1 saturated carbocycles. The van der Waals surface area contributed by atoms with Gasteiger partial charge in [0.1, 0.15) is 13.2 Å². The van der Waals surface area contributed by atoms with Gasteiger partial charge in [-0.1, -0.05) is 61.4 Å². The normalized spacial score (nSPS) is 16.5. The number of likely N-dealkylation sites (N-methyl/N-ethyl adjacent to an activating group) is 1. The van der Waals surface area contributed by atoms with E-state index in [1.54, 1.807) is 36.4 Å². The van der Waals surface area contributed by atoms with Gasteiger partial charge in [0.15, 0.2) is 5.60 Å². The van der Waals surface area contributed by atoms with Gasteiger partial charge in [0.05, 0.1) is 19.7 Å². The Morgan fingerprint density at radius 1 is 0.968 bits per heavy atom. The Balaban J connectivity index is 1.56. The Bertz CT molecular complexity index is 862. The summed E-state index contributed by atoms with van der Waals surface area (Å²) in [7, 11) is 3.79. The molecule has 0 amide bonds. The van der Waals surface area contributed by atoms with Crippen LogP contribution in [0.5, 0.6) is 0 Å². The Morgan fingerprint density at radius 2 is 1.55 bits per heavy atom. The number of aliphatic hydroxyl groups is 1. The van der Waals surface area contributed by atoms with Gasteiger partial charge < -0.3 is 14.6 Å². The first-order chi connectivity index (χ1) is 14.8. The number of benzene rings is 2. The van der Waals surface area contributed by atoms with Crippen LogP contribution in [0.2, 0.25) is 0 Å². The number of nitrogens with zero attached hydrogens (tertiary/aromatic N) is 1. The van der Waals surface area contributed by atoms with Crippen molar-refractivity contribution in [2.75, 3.05) is 34.0 Å². The van der Waals surface area contributed by atoms with E-state index >= 15 is 0 Å². The quantitative estimate of drug-likeness (QED) is 0.377. The Kier molecular flexibility index (Phi) is 7.46. The Labute approximate surface area is 184 Å². The van der Waals surface area contributed by atoms with Crippen LogP contribution in [0.15, 0.2) is 60.7 Å². The topological polar surface area (TPSA) is 72.8 Å². The molecule has 0 heterocycles. The smallest absolute Gasteiger partial charge is 0.343 e. The fourth-order valence-electron chi connectivity index (χ4n) is 4.01. The molecule has 6 nitrogen and oxygen atoms in total. The summed E-state index contributed by atoms with van der Waals surface area (Å²) in [5.74, 6) is -1.13. The second kappa shape index (κ2) is 10.1. The van der Waals surface area contributed by atoms with E-state index in [1.807, 2.05) is 38.4 Å². The maximum atomic E-state index is 13.0. The molecule has 6 heteroatoms. The third-order valence-corrected chi connectivity index (χ3v) is 5.96. The molecule has 0 spiro atoms. The lowest BCUT2D eigenvalue weighted by Crippen LogP contribution is -2.47. The highest BCUT2D eigenvalue weighted by atomic mass is 16.6. The van der Waals surface area contributed by atoms with E-state index in [0.29, 0.717) is 22.2 Å². The summed E-state index contributed by atoms with van der Waals surface area (Å²) in [6.07, 6.45) is 3.61. The van der Waals surface area contributed by atoms with Gasteiger partial charge in [-0.15, -0.1) is 0 Å². The van der Waals surface area contributed by atoms with E-state index in [4.69, 9.17) is 9.47 Å². The van der Waals surface area contributed by atoms with Crippen LogP contribution in [0.4, 0.5) is 0 Å². The first-order valence-corrected chi connectivity index (χ1v) is 10.8. The van der Waals surface area contributed by atoms with Crippen molar-refractivity contribution in [1.29, 1.82) is 0 Å². The molecule has 31 heavy (non-hydrogen) atoms. The van der Waals surface area contributed by atoms with Gasteiger partial charge in [0.2, 0.25) is 6.73 Å². The standard InChI is InChI=1S/C25H32NO5/c1-26(2,19-31-23(27)20-11-5-3-6-12-20)17-18-30-24(28)25(29,22-15-9-10-16-22)21-13-7-4-8-14-21/h3-8,11-14,22,29H,9-10,15-19H2,1-2H3/q+1. The van der Waals surface area contributed by atoms with Crippen LogP contribution in [0, 0.1) is 5.92 Å². The zero-order valence-corrected chi connectivity index (χ0v) is 18.3. The minimum Gasteiger partial charge on any atom is -0.457 e. The van der Waals surface area contributed by atoms with E-state index < -0.39 is 11.6 Å². The molecule has 166 valence electrons. The summed E-state index contributed by atoms with van der Waals surface area (Å²) in [4.78, 5) is 25.2. The van der Waals surface area contributed by atoms with Crippen molar-refractivity contribution in [3.05, 3.63) is 71.8 Å². The first kappa shape index (κ1) is 23.0. The fourth-order valence-corrected chi connectivity index (χ4v) is 4.01. The Morgan fingerprint density at radius 3 is 2.16 bits per heavy atom. The molecule has 0 aliphatic heterocycles. The summed E-state index contributed by atoms with van der Waals surface area (Å²) in [5, 5.41) is 11.4. The third-order valence-electron chi connectivity index (χ3n) is 5.96. The third kappa shape index (κ3) is 5.71. The van der Waals surface area contributed by atoms with Crippen LogP contribution in [0.25, 0.3) is 0 Å². The van der Waals surface area contributed by atoms with Crippen molar-refractivity contribution in [3.8, 4) is 0 Å². The van der Waals surface area contributed by atoms with E-state index in [2.05, 4.69) is 0 Å². The predicted octanol–water partition coefficient (Wildman–Crippen LogP) is 3.50. The molecular weight excluding hydrogens is 394 g/mol. The van der Waals surface area contributed by atoms with Gasteiger partial charge >= 0.3 is 11.9 Å². The zero-order valence-electron chi connectivity index (χ0n) is 18.3. The summed E-state index contributed by atoms with van der Waals surface area (Å²) < 4.78 is 11.3. The van der Waals surface area contributed by atoms with Crippen LogP contribution >= 0.6 is 0 Å². The van der Waals surface area contributed by atoms with E-state index in [-0.39, 0.29) is 25.2 Å². The fraction of sp³-hybridized carbons (Fsp3) is 0.440. The molecule has 2 aromatic carbocycles. The highest BCUT2D eigenvalue weighted by molar-refractivity contribution is 5.89. The number of ether oxygens (including phenoxy) is 2. The molecular formula is C25H32NO5+. The lowest BCUT2D eigenvalue weighted by Gasteiger charge is -2.33. The molecule has 1 unspecified atom stereocenters.